The van der Waals surface area contributed by atoms with Crippen molar-refractivity contribution < 1.29 is 4.39 Å². The predicted molar refractivity (Wildman–Crippen MR) is 86.6 cm³/mol. The van der Waals surface area contributed by atoms with Gasteiger partial charge in [0, 0.05) is 17.8 Å². The summed E-state index contributed by atoms with van der Waals surface area (Å²) in [5, 5.41) is 0. The van der Waals surface area contributed by atoms with Crippen LogP contribution in [0.25, 0.3) is 0 Å². The zero-order valence-electron chi connectivity index (χ0n) is 12.7. The van der Waals surface area contributed by atoms with Crippen molar-refractivity contribution in [3.63, 3.8) is 0 Å². The van der Waals surface area contributed by atoms with E-state index in [1.807, 2.05) is 31.3 Å². The highest BCUT2D eigenvalue weighted by Gasteiger charge is 2.09. The molecular formula is C18H23FN2. The summed E-state index contributed by atoms with van der Waals surface area (Å²) in [7, 11) is 2.03. The Morgan fingerprint density at radius 1 is 1.10 bits per heavy atom. The van der Waals surface area contributed by atoms with Crippen LogP contribution in [0.15, 0.2) is 48.5 Å². The number of anilines is 1. The Labute approximate surface area is 126 Å². The maximum absolute atomic E-state index is 13.6. The normalized spacial score (nSPS) is 12.6. The summed E-state index contributed by atoms with van der Waals surface area (Å²) in [5.41, 5.74) is 8.54. The first-order valence-corrected chi connectivity index (χ1v) is 7.33. The van der Waals surface area contributed by atoms with Crippen molar-refractivity contribution in [1.82, 2.24) is 4.90 Å². The van der Waals surface area contributed by atoms with Gasteiger partial charge < -0.3 is 10.6 Å². The number of benzene rings is 2. The molecule has 0 spiro atoms. The summed E-state index contributed by atoms with van der Waals surface area (Å²) < 4.78 is 13.6. The number of rotatable bonds is 6. The number of nitrogen functional groups attached to an aromatic ring is 1. The fraction of sp³-hybridized carbons (Fsp3) is 0.333. The predicted octanol–water partition coefficient (Wildman–Crippen LogP) is 4.03. The molecule has 0 bridgehead atoms. The maximum Gasteiger partial charge on any atom is 0.127 e. The highest BCUT2D eigenvalue weighted by Crippen LogP contribution is 2.20. The van der Waals surface area contributed by atoms with Crippen LogP contribution in [0.1, 0.15) is 30.4 Å². The van der Waals surface area contributed by atoms with Gasteiger partial charge in [-0.2, -0.15) is 0 Å². The highest BCUT2D eigenvalue weighted by atomic mass is 19.1. The van der Waals surface area contributed by atoms with Crippen LogP contribution in [-0.4, -0.2) is 18.5 Å². The monoisotopic (exact) mass is 286 g/mol. The molecule has 2 aromatic rings. The standard InChI is InChI=1S/C18H23FN2/c1-14(15-7-9-17(20)10-8-15)11-12-21(2)13-16-5-3-4-6-18(16)19/h3-10,14H,11-13,20H2,1-2H3. The third kappa shape index (κ3) is 4.57. The molecule has 0 saturated heterocycles. The van der Waals surface area contributed by atoms with Gasteiger partial charge in [-0.15, -0.1) is 0 Å². The van der Waals surface area contributed by atoms with Gasteiger partial charge in [-0.1, -0.05) is 37.3 Å². The smallest absolute Gasteiger partial charge is 0.127 e. The SMILES string of the molecule is CC(CCN(C)Cc1ccccc1F)c1ccc(N)cc1. The molecule has 2 nitrogen and oxygen atoms in total. The molecular weight excluding hydrogens is 263 g/mol. The van der Waals surface area contributed by atoms with E-state index in [1.54, 1.807) is 6.07 Å². The minimum Gasteiger partial charge on any atom is -0.399 e. The molecule has 0 aliphatic heterocycles. The molecule has 0 aliphatic rings. The van der Waals surface area contributed by atoms with Crippen LogP contribution in [-0.2, 0) is 6.54 Å². The summed E-state index contributed by atoms with van der Waals surface area (Å²) >= 11 is 0. The Morgan fingerprint density at radius 2 is 1.76 bits per heavy atom. The first kappa shape index (κ1) is 15.5. The van der Waals surface area contributed by atoms with Crippen LogP contribution < -0.4 is 5.73 Å². The molecule has 0 amide bonds. The second-order valence-corrected chi connectivity index (χ2v) is 5.69. The van der Waals surface area contributed by atoms with Crippen LogP contribution in [0.2, 0.25) is 0 Å². The molecule has 112 valence electrons. The van der Waals surface area contributed by atoms with Crippen molar-refractivity contribution in [2.75, 3.05) is 19.3 Å². The maximum atomic E-state index is 13.6. The molecule has 0 aliphatic carbocycles. The van der Waals surface area contributed by atoms with Gasteiger partial charge in [0.25, 0.3) is 0 Å². The first-order valence-electron chi connectivity index (χ1n) is 7.33. The van der Waals surface area contributed by atoms with E-state index in [0.717, 1.165) is 24.2 Å². The first-order chi connectivity index (χ1) is 10.1. The van der Waals surface area contributed by atoms with Gasteiger partial charge in [0.05, 0.1) is 0 Å². The number of halogens is 1. The zero-order valence-corrected chi connectivity index (χ0v) is 12.7. The Morgan fingerprint density at radius 3 is 2.43 bits per heavy atom. The van der Waals surface area contributed by atoms with Crippen LogP contribution in [0.5, 0.6) is 0 Å². The lowest BCUT2D eigenvalue weighted by atomic mass is 9.97. The zero-order chi connectivity index (χ0) is 15.2. The van der Waals surface area contributed by atoms with Crippen LogP contribution in [0, 0.1) is 5.82 Å². The molecule has 1 unspecified atom stereocenters. The van der Waals surface area contributed by atoms with Crippen molar-refractivity contribution in [1.29, 1.82) is 0 Å². The van der Waals surface area contributed by atoms with E-state index in [-0.39, 0.29) is 5.82 Å². The second kappa shape index (κ2) is 7.23. The van der Waals surface area contributed by atoms with Gasteiger partial charge in [-0.25, -0.2) is 4.39 Å². The molecule has 2 N–H and O–H groups in total. The Balaban J connectivity index is 1.85. The molecule has 0 radical (unpaired) electrons. The number of nitrogens with two attached hydrogens (primary N) is 1. The number of nitrogens with zero attached hydrogens (tertiary/aromatic N) is 1. The van der Waals surface area contributed by atoms with Gasteiger partial charge in [-0.3, -0.25) is 0 Å². The van der Waals surface area contributed by atoms with Crippen molar-refractivity contribution in [2.24, 2.45) is 0 Å². The van der Waals surface area contributed by atoms with Crippen molar-refractivity contribution in [2.45, 2.75) is 25.8 Å². The summed E-state index contributed by atoms with van der Waals surface area (Å²) in [5.74, 6) is 0.338. The molecule has 1 atom stereocenters. The number of hydrogen-bond donors (Lipinski definition) is 1. The Bertz CT molecular complexity index is 566. The van der Waals surface area contributed by atoms with Gasteiger partial charge in [0.15, 0.2) is 0 Å². The molecule has 2 aromatic carbocycles. The van der Waals surface area contributed by atoms with Crippen LogP contribution >= 0.6 is 0 Å². The van der Waals surface area contributed by atoms with E-state index in [1.165, 1.54) is 11.6 Å². The third-order valence-electron chi connectivity index (χ3n) is 3.85. The van der Waals surface area contributed by atoms with Crippen LogP contribution in [0.3, 0.4) is 0 Å². The topological polar surface area (TPSA) is 29.3 Å². The molecule has 21 heavy (non-hydrogen) atoms. The molecule has 0 saturated carbocycles. The molecule has 3 heteroatoms. The lowest BCUT2D eigenvalue weighted by Gasteiger charge is -2.20. The van der Waals surface area contributed by atoms with Gasteiger partial charge in [-0.05, 0) is 49.7 Å². The van der Waals surface area contributed by atoms with E-state index in [0.29, 0.717) is 12.5 Å². The highest BCUT2D eigenvalue weighted by molar-refractivity contribution is 5.40. The van der Waals surface area contributed by atoms with Gasteiger partial charge >= 0.3 is 0 Å². The molecule has 2 rings (SSSR count). The largest absolute Gasteiger partial charge is 0.399 e. The summed E-state index contributed by atoms with van der Waals surface area (Å²) in [4.78, 5) is 2.16. The van der Waals surface area contributed by atoms with E-state index in [2.05, 4.69) is 24.0 Å². The molecule has 0 aromatic heterocycles. The lowest BCUT2D eigenvalue weighted by molar-refractivity contribution is 0.308. The molecule has 0 fully saturated rings. The quantitative estimate of drug-likeness (QED) is 0.812. The number of hydrogen-bond acceptors (Lipinski definition) is 2. The second-order valence-electron chi connectivity index (χ2n) is 5.69. The van der Waals surface area contributed by atoms with Crippen molar-refractivity contribution in [3.05, 3.63) is 65.5 Å². The third-order valence-corrected chi connectivity index (χ3v) is 3.85. The Hall–Kier alpha value is -1.87. The fourth-order valence-corrected chi connectivity index (χ4v) is 2.40. The van der Waals surface area contributed by atoms with E-state index in [9.17, 15) is 4.39 Å². The molecule has 0 heterocycles. The van der Waals surface area contributed by atoms with E-state index >= 15 is 0 Å². The average Bonchev–Trinajstić information content (AvgIpc) is 2.48. The minimum atomic E-state index is -0.129. The van der Waals surface area contributed by atoms with Gasteiger partial charge in [0.2, 0.25) is 0 Å². The van der Waals surface area contributed by atoms with E-state index in [4.69, 9.17) is 5.73 Å². The summed E-state index contributed by atoms with van der Waals surface area (Å²) in [6, 6.07) is 15.0. The fourth-order valence-electron chi connectivity index (χ4n) is 2.40. The van der Waals surface area contributed by atoms with Crippen molar-refractivity contribution >= 4 is 5.69 Å². The summed E-state index contributed by atoms with van der Waals surface area (Å²) in [6.07, 6.45) is 1.04. The lowest BCUT2D eigenvalue weighted by Crippen LogP contribution is -2.21. The summed E-state index contributed by atoms with van der Waals surface area (Å²) in [6.45, 7) is 3.78. The van der Waals surface area contributed by atoms with E-state index < -0.39 is 0 Å². The minimum absolute atomic E-state index is 0.129. The van der Waals surface area contributed by atoms with Crippen molar-refractivity contribution in [3.8, 4) is 0 Å². The average molecular weight is 286 g/mol. The Kier molecular flexibility index (Phi) is 5.34. The van der Waals surface area contributed by atoms with Gasteiger partial charge in [0.1, 0.15) is 5.82 Å². The van der Waals surface area contributed by atoms with Crippen LogP contribution in [0.4, 0.5) is 10.1 Å².